The zero-order chi connectivity index (χ0) is 19.2. The third-order valence-electron chi connectivity index (χ3n) is 4.23. The molecular weight excluding hydrogens is 346 g/mol. The van der Waals surface area contributed by atoms with Crippen LogP contribution in [0.1, 0.15) is 18.8 Å². The summed E-state index contributed by atoms with van der Waals surface area (Å²) in [4.78, 5) is 16.3. The molecule has 1 amide bonds. The highest BCUT2D eigenvalue weighted by Crippen LogP contribution is 2.26. The number of benzene rings is 2. The van der Waals surface area contributed by atoms with Crippen LogP contribution in [0.3, 0.4) is 0 Å². The summed E-state index contributed by atoms with van der Waals surface area (Å²) in [5.74, 6) is 2.12. The number of ether oxygens (including phenoxy) is 3. The van der Waals surface area contributed by atoms with Crippen LogP contribution in [0.15, 0.2) is 48.5 Å². The molecule has 0 saturated carbocycles. The molecule has 27 heavy (non-hydrogen) atoms. The van der Waals surface area contributed by atoms with Gasteiger partial charge in [-0.1, -0.05) is 24.3 Å². The van der Waals surface area contributed by atoms with Crippen molar-refractivity contribution in [3.63, 3.8) is 0 Å². The Morgan fingerprint density at radius 1 is 1.11 bits per heavy atom. The zero-order valence-electron chi connectivity index (χ0n) is 15.6. The van der Waals surface area contributed by atoms with Crippen molar-refractivity contribution in [1.29, 1.82) is 0 Å². The number of para-hydroxylation sites is 4. The van der Waals surface area contributed by atoms with Crippen LogP contribution in [-0.4, -0.2) is 36.5 Å². The SMILES string of the molecule is COC(=O)N[C@H](C)c1nc2ccccc2n1CCOc1ccccc1OC. The summed E-state index contributed by atoms with van der Waals surface area (Å²) in [5.41, 5.74) is 1.85. The number of methoxy groups -OCH3 is 2. The molecule has 0 saturated heterocycles. The summed E-state index contributed by atoms with van der Waals surface area (Å²) in [6.07, 6.45) is -0.494. The van der Waals surface area contributed by atoms with Gasteiger partial charge in [0.1, 0.15) is 12.4 Å². The van der Waals surface area contributed by atoms with Gasteiger partial charge in [-0.15, -0.1) is 0 Å². The van der Waals surface area contributed by atoms with Crippen LogP contribution in [0.25, 0.3) is 11.0 Å². The Balaban J connectivity index is 1.81. The number of hydrogen-bond donors (Lipinski definition) is 1. The first-order chi connectivity index (χ1) is 13.1. The van der Waals surface area contributed by atoms with E-state index in [0.29, 0.717) is 24.7 Å². The number of carbonyl (C=O) groups excluding carboxylic acids is 1. The molecule has 1 atom stereocenters. The van der Waals surface area contributed by atoms with E-state index < -0.39 is 6.09 Å². The first-order valence-electron chi connectivity index (χ1n) is 8.69. The Bertz CT molecular complexity index is 922. The summed E-state index contributed by atoms with van der Waals surface area (Å²) >= 11 is 0. The number of alkyl carbamates (subject to hydrolysis) is 1. The van der Waals surface area contributed by atoms with Crippen molar-refractivity contribution in [2.45, 2.75) is 19.5 Å². The van der Waals surface area contributed by atoms with Gasteiger partial charge < -0.3 is 24.1 Å². The fourth-order valence-corrected chi connectivity index (χ4v) is 2.94. The van der Waals surface area contributed by atoms with Gasteiger partial charge in [0.15, 0.2) is 11.5 Å². The predicted molar refractivity (Wildman–Crippen MR) is 102 cm³/mol. The molecule has 7 heteroatoms. The lowest BCUT2D eigenvalue weighted by Gasteiger charge is -2.16. The minimum atomic E-state index is -0.494. The summed E-state index contributed by atoms with van der Waals surface area (Å²) in [7, 11) is 2.95. The lowest BCUT2D eigenvalue weighted by atomic mass is 10.3. The smallest absolute Gasteiger partial charge is 0.407 e. The lowest BCUT2D eigenvalue weighted by molar-refractivity contribution is 0.166. The Morgan fingerprint density at radius 2 is 1.81 bits per heavy atom. The molecule has 0 unspecified atom stereocenters. The molecule has 142 valence electrons. The van der Waals surface area contributed by atoms with Gasteiger partial charge in [0.2, 0.25) is 0 Å². The molecule has 2 aromatic carbocycles. The Morgan fingerprint density at radius 3 is 2.56 bits per heavy atom. The van der Waals surface area contributed by atoms with Crippen molar-refractivity contribution in [1.82, 2.24) is 14.9 Å². The largest absolute Gasteiger partial charge is 0.493 e. The maximum atomic E-state index is 11.6. The Kier molecular flexibility index (Phi) is 5.80. The Labute approximate surface area is 157 Å². The molecule has 1 heterocycles. The number of nitrogens with one attached hydrogen (secondary N) is 1. The van der Waals surface area contributed by atoms with Crippen LogP contribution >= 0.6 is 0 Å². The molecule has 0 aliphatic carbocycles. The number of nitrogens with zero attached hydrogens (tertiary/aromatic N) is 2. The summed E-state index contributed by atoms with van der Waals surface area (Å²) in [5, 5.41) is 2.77. The van der Waals surface area contributed by atoms with Crippen molar-refractivity contribution in [2.75, 3.05) is 20.8 Å². The molecule has 1 N–H and O–H groups in total. The predicted octanol–water partition coefficient (Wildman–Crippen LogP) is 3.54. The zero-order valence-corrected chi connectivity index (χ0v) is 15.6. The van der Waals surface area contributed by atoms with E-state index in [1.807, 2.05) is 60.0 Å². The Hall–Kier alpha value is -3.22. The summed E-state index contributed by atoms with van der Waals surface area (Å²) in [6.45, 7) is 2.87. The highest BCUT2D eigenvalue weighted by atomic mass is 16.5. The molecule has 3 aromatic rings. The topological polar surface area (TPSA) is 74.6 Å². The van der Waals surface area contributed by atoms with E-state index in [2.05, 4.69) is 10.3 Å². The fourth-order valence-electron chi connectivity index (χ4n) is 2.94. The molecule has 3 rings (SSSR count). The molecule has 0 fully saturated rings. The molecule has 7 nitrogen and oxygen atoms in total. The van der Waals surface area contributed by atoms with Gasteiger partial charge in [-0.05, 0) is 31.2 Å². The second kappa shape index (κ2) is 8.44. The normalized spacial score (nSPS) is 11.8. The number of fused-ring (bicyclic) bond motifs is 1. The van der Waals surface area contributed by atoms with E-state index in [1.165, 1.54) is 7.11 Å². The minimum Gasteiger partial charge on any atom is -0.493 e. The first-order valence-corrected chi connectivity index (χ1v) is 8.69. The highest BCUT2D eigenvalue weighted by Gasteiger charge is 2.18. The van der Waals surface area contributed by atoms with Gasteiger partial charge in [0.25, 0.3) is 0 Å². The monoisotopic (exact) mass is 369 g/mol. The summed E-state index contributed by atoms with van der Waals surface area (Å²) in [6, 6.07) is 15.1. The molecule has 1 aromatic heterocycles. The van der Waals surface area contributed by atoms with Crippen LogP contribution in [0, 0.1) is 0 Å². The third kappa shape index (κ3) is 4.13. The summed E-state index contributed by atoms with van der Waals surface area (Å²) < 4.78 is 18.0. The van der Waals surface area contributed by atoms with Crippen molar-refractivity contribution >= 4 is 17.1 Å². The van der Waals surface area contributed by atoms with Crippen LogP contribution in [-0.2, 0) is 11.3 Å². The van der Waals surface area contributed by atoms with Crippen LogP contribution in [0.5, 0.6) is 11.5 Å². The second-order valence-corrected chi connectivity index (χ2v) is 5.97. The minimum absolute atomic E-state index is 0.309. The standard InChI is InChI=1S/C20H23N3O4/c1-14(21-20(24)26-3)19-22-15-8-4-5-9-16(15)23(19)12-13-27-18-11-7-6-10-17(18)25-2/h4-11,14H,12-13H2,1-3H3,(H,21,24)/t14-/m1/s1. The quantitative estimate of drug-likeness (QED) is 0.689. The number of rotatable bonds is 7. The average Bonchev–Trinajstić information content (AvgIpc) is 3.07. The number of carbonyl (C=O) groups is 1. The van der Waals surface area contributed by atoms with Gasteiger partial charge in [-0.25, -0.2) is 9.78 Å². The number of imidazole rings is 1. The molecule has 0 radical (unpaired) electrons. The maximum Gasteiger partial charge on any atom is 0.407 e. The molecule has 0 aliphatic heterocycles. The van der Waals surface area contributed by atoms with E-state index in [0.717, 1.165) is 16.9 Å². The van der Waals surface area contributed by atoms with Crippen molar-refractivity contribution in [3.8, 4) is 11.5 Å². The number of hydrogen-bond acceptors (Lipinski definition) is 5. The van der Waals surface area contributed by atoms with E-state index >= 15 is 0 Å². The van der Waals surface area contributed by atoms with E-state index in [9.17, 15) is 4.79 Å². The molecule has 0 bridgehead atoms. The van der Waals surface area contributed by atoms with Crippen LogP contribution in [0.4, 0.5) is 4.79 Å². The van der Waals surface area contributed by atoms with Gasteiger partial charge in [-0.2, -0.15) is 0 Å². The average molecular weight is 369 g/mol. The van der Waals surface area contributed by atoms with Crippen molar-refractivity contribution in [3.05, 3.63) is 54.4 Å². The van der Waals surface area contributed by atoms with Crippen molar-refractivity contribution < 1.29 is 19.0 Å². The highest BCUT2D eigenvalue weighted by molar-refractivity contribution is 5.76. The third-order valence-corrected chi connectivity index (χ3v) is 4.23. The van der Waals surface area contributed by atoms with Crippen molar-refractivity contribution in [2.24, 2.45) is 0 Å². The molecule has 0 spiro atoms. The van der Waals surface area contributed by atoms with Crippen LogP contribution in [0.2, 0.25) is 0 Å². The first kappa shape index (κ1) is 18.6. The van der Waals surface area contributed by atoms with E-state index in [1.54, 1.807) is 7.11 Å². The van der Waals surface area contributed by atoms with Gasteiger partial charge in [-0.3, -0.25) is 0 Å². The van der Waals surface area contributed by atoms with Gasteiger partial charge in [0.05, 0.1) is 37.8 Å². The van der Waals surface area contributed by atoms with E-state index in [-0.39, 0.29) is 6.04 Å². The fraction of sp³-hybridized carbons (Fsp3) is 0.300. The maximum absolute atomic E-state index is 11.6. The molecule has 0 aliphatic rings. The van der Waals surface area contributed by atoms with E-state index in [4.69, 9.17) is 14.2 Å². The lowest BCUT2D eigenvalue weighted by Crippen LogP contribution is -2.29. The number of aromatic nitrogens is 2. The van der Waals surface area contributed by atoms with Gasteiger partial charge >= 0.3 is 6.09 Å². The molecular formula is C20H23N3O4. The van der Waals surface area contributed by atoms with Gasteiger partial charge in [0, 0.05) is 0 Å². The second-order valence-electron chi connectivity index (χ2n) is 5.97. The number of amides is 1. The van der Waals surface area contributed by atoms with Crippen LogP contribution < -0.4 is 14.8 Å².